The Balaban J connectivity index is 4.10. The highest BCUT2D eigenvalue weighted by Gasteiger charge is 2.22. The van der Waals surface area contributed by atoms with Gasteiger partial charge in [0.2, 0.25) is 0 Å². The summed E-state index contributed by atoms with van der Waals surface area (Å²) in [6.45, 7) is 4.46. The molecule has 440 valence electrons. The largest absolute Gasteiger partial charge is 0.545 e. The van der Waals surface area contributed by atoms with Gasteiger partial charge in [-0.3, -0.25) is 9.59 Å². The fourth-order valence-corrected chi connectivity index (χ4v) is 8.33. The quantitative estimate of drug-likeness (QED) is 0.0195. The molecule has 0 spiro atoms. The van der Waals surface area contributed by atoms with Crippen LogP contribution in [-0.2, 0) is 33.3 Å². The first kappa shape index (κ1) is 73.0. The van der Waals surface area contributed by atoms with Crippen LogP contribution >= 0.6 is 0 Å². The Morgan fingerprint density at radius 3 is 1.08 bits per heavy atom. The predicted octanol–water partition coefficient (Wildman–Crippen LogP) is 17.3. The molecular formula is C68H115NO8. The van der Waals surface area contributed by atoms with E-state index in [0.29, 0.717) is 23.9 Å². The van der Waals surface area contributed by atoms with Crippen molar-refractivity contribution in [1.29, 1.82) is 0 Å². The monoisotopic (exact) mass is 1070 g/mol. The molecule has 0 saturated heterocycles. The van der Waals surface area contributed by atoms with Crippen LogP contribution in [0.5, 0.6) is 0 Å². The minimum Gasteiger partial charge on any atom is -0.545 e. The molecule has 77 heavy (non-hydrogen) atoms. The lowest BCUT2D eigenvalue weighted by Crippen LogP contribution is -2.44. The smallest absolute Gasteiger partial charge is 0.306 e. The highest BCUT2D eigenvalue weighted by Crippen LogP contribution is 2.17. The standard InChI is InChI=1S/C68H115NO8/c1-6-8-10-12-14-16-18-20-22-24-25-26-27-28-29-30-31-32-33-34-35-36-37-38-39-40-41-43-44-46-48-50-52-54-56-58-65(70)75-62-64(63-76-68(67(72)73)74-61-60-69(3,4)5)77-66(71)59-57-55-53-51-49-47-45-42-23-21-19-17-15-13-11-9-7-2/h8-11,14-17,20-23,25-26,45,47,51,53,64,68H,6-7,12-13,18-19,24,27-44,46,48-50,52,54-63H2,1-5H3/b10-8-,11-9-,16-14-,17-15-,22-20-,23-21-,26-25-,47-45-,53-51-. The van der Waals surface area contributed by atoms with Gasteiger partial charge >= 0.3 is 11.9 Å². The van der Waals surface area contributed by atoms with Crippen LogP contribution in [0.3, 0.4) is 0 Å². The summed E-state index contributed by atoms with van der Waals surface area (Å²) >= 11 is 0. The Bertz CT molecular complexity index is 1630. The van der Waals surface area contributed by atoms with Gasteiger partial charge < -0.3 is 33.3 Å². The Labute approximate surface area is 473 Å². The number of hydrogen-bond donors (Lipinski definition) is 0. The minimum absolute atomic E-state index is 0.133. The third-order valence-electron chi connectivity index (χ3n) is 13.0. The average Bonchev–Trinajstić information content (AvgIpc) is 3.40. The summed E-state index contributed by atoms with van der Waals surface area (Å²) in [5, 5.41) is 11.8. The van der Waals surface area contributed by atoms with Gasteiger partial charge in [-0.15, -0.1) is 0 Å². The van der Waals surface area contributed by atoms with E-state index in [1.54, 1.807) is 0 Å². The summed E-state index contributed by atoms with van der Waals surface area (Å²) < 4.78 is 22.6. The lowest BCUT2D eigenvalue weighted by molar-refractivity contribution is -0.870. The molecule has 0 heterocycles. The normalized spacial score (nSPS) is 13.5. The molecule has 9 heteroatoms. The number of carbonyl (C=O) groups excluding carboxylic acids is 3. The lowest BCUT2D eigenvalue weighted by Gasteiger charge is -2.26. The molecule has 0 aromatic heterocycles. The molecule has 0 amide bonds. The molecule has 0 aromatic carbocycles. The van der Waals surface area contributed by atoms with E-state index < -0.39 is 24.3 Å². The summed E-state index contributed by atoms with van der Waals surface area (Å²) in [6.07, 6.45) is 77.5. The number of carboxylic acids is 1. The van der Waals surface area contributed by atoms with E-state index in [9.17, 15) is 19.5 Å². The van der Waals surface area contributed by atoms with E-state index in [2.05, 4.69) is 123 Å². The van der Waals surface area contributed by atoms with E-state index in [0.717, 1.165) is 77.0 Å². The summed E-state index contributed by atoms with van der Waals surface area (Å²) in [5.74, 6) is -2.36. The SMILES string of the molecule is CC/C=C\C/C=C\C/C=C\C/C=C\C/C=C\CCCC(=O)OC(COC(=O)CCCCCCCCCCCCCCCCCCCCCCCC/C=C\C/C=C\C/C=C\C/C=C\CC)COC(OCC[N+](C)(C)C)C(=O)[O-]. The van der Waals surface area contributed by atoms with Crippen molar-refractivity contribution >= 4 is 17.9 Å². The zero-order valence-corrected chi connectivity index (χ0v) is 50.0. The Kier molecular flexibility index (Phi) is 55.1. The zero-order valence-electron chi connectivity index (χ0n) is 50.0. The molecule has 0 bridgehead atoms. The molecule has 0 aliphatic carbocycles. The van der Waals surface area contributed by atoms with Gasteiger partial charge in [-0.05, 0) is 89.9 Å². The number of nitrogens with zero attached hydrogens (tertiary/aromatic N) is 1. The topological polar surface area (TPSA) is 111 Å². The average molecular weight is 1070 g/mol. The Hall–Kier alpha value is -4.05. The van der Waals surface area contributed by atoms with Gasteiger partial charge in [-0.25, -0.2) is 0 Å². The molecule has 0 N–H and O–H groups in total. The molecule has 0 aliphatic rings. The maximum atomic E-state index is 12.8. The highest BCUT2D eigenvalue weighted by molar-refractivity contribution is 5.70. The fourth-order valence-electron chi connectivity index (χ4n) is 8.33. The number of unbranched alkanes of at least 4 members (excludes halogenated alkanes) is 23. The van der Waals surface area contributed by atoms with Crippen molar-refractivity contribution in [3.05, 3.63) is 109 Å². The first-order valence-corrected chi connectivity index (χ1v) is 31.0. The number of quaternary nitrogens is 1. The van der Waals surface area contributed by atoms with Gasteiger partial charge in [0.1, 0.15) is 13.2 Å². The second kappa shape index (κ2) is 58.1. The molecule has 0 saturated carbocycles. The molecule has 0 aliphatic heterocycles. The van der Waals surface area contributed by atoms with Crippen molar-refractivity contribution in [2.75, 3.05) is 47.5 Å². The summed E-state index contributed by atoms with van der Waals surface area (Å²) in [4.78, 5) is 37.3. The van der Waals surface area contributed by atoms with Crippen LogP contribution in [-0.4, -0.2) is 82.3 Å². The number of likely N-dealkylation sites (N-methyl/N-ethyl adjacent to an activating group) is 1. The van der Waals surface area contributed by atoms with Gasteiger partial charge in [0.05, 0.1) is 40.3 Å². The molecule has 0 rings (SSSR count). The molecule has 9 nitrogen and oxygen atoms in total. The molecular weight excluding hydrogens is 959 g/mol. The maximum absolute atomic E-state index is 12.8. The van der Waals surface area contributed by atoms with E-state index in [1.807, 2.05) is 21.1 Å². The summed E-state index contributed by atoms with van der Waals surface area (Å²) in [5.41, 5.74) is 0. The lowest BCUT2D eigenvalue weighted by atomic mass is 10.0. The van der Waals surface area contributed by atoms with E-state index in [-0.39, 0.29) is 38.6 Å². The van der Waals surface area contributed by atoms with Gasteiger partial charge in [0.15, 0.2) is 12.4 Å². The molecule has 0 aromatic rings. The molecule has 0 fully saturated rings. The number of ether oxygens (including phenoxy) is 4. The Morgan fingerprint density at radius 2 is 0.714 bits per heavy atom. The number of aliphatic carboxylic acids is 1. The van der Waals surface area contributed by atoms with Crippen LogP contribution in [0.4, 0.5) is 0 Å². The number of esters is 2. The highest BCUT2D eigenvalue weighted by atomic mass is 16.7. The van der Waals surface area contributed by atoms with Crippen LogP contribution in [0, 0.1) is 0 Å². The van der Waals surface area contributed by atoms with Crippen LogP contribution in [0.2, 0.25) is 0 Å². The van der Waals surface area contributed by atoms with Crippen LogP contribution in [0.25, 0.3) is 0 Å². The number of rotatable bonds is 56. The van der Waals surface area contributed by atoms with Crippen molar-refractivity contribution in [2.45, 2.75) is 257 Å². The number of carbonyl (C=O) groups is 3. The molecule has 0 radical (unpaired) electrons. The summed E-state index contributed by atoms with van der Waals surface area (Å²) in [7, 11) is 5.90. The first-order chi connectivity index (χ1) is 37.6. The van der Waals surface area contributed by atoms with Gasteiger partial charge in [-0.2, -0.15) is 0 Å². The van der Waals surface area contributed by atoms with Crippen LogP contribution in [0.1, 0.15) is 245 Å². The van der Waals surface area contributed by atoms with E-state index in [4.69, 9.17) is 18.9 Å². The first-order valence-electron chi connectivity index (χ1n) is 31.0. The predicted molar refractivity (Wildman–Crippen MR) is 324 cm³/mol. The van der Waals surface area contributed by atoms with Gasteiger partial charge in [0, 0.05) is 12.8 Å². The van der Waals surface area contributed by atoms with Gasteiger partial charge in [0.25, 0.3) is 0 Å². The maximum Gasteiger partial charge on any atom is 0.306 e. The second-order valence-electron chi connectivity index (χ2n) is 21.6. The summed E-state index contributed by atoms with van der Waals surface area (Å²) in [6, 6.07) is 0. The number of carboxylic acid groups (broad SMARTS) is 1. The van der Waals surface area contributed by atoms with Gasteiger partial charge in [-0.1, -0.05) is 252 Å². The van der Waals surface area contributed by atoms with E-state index >= 15 is 0 Å². The Morgan fingerprint density at radius 1 is 0.390 bits per heavy atom. The van der Waals surface area contributed by atoms with Crippen molar-refractivity contribution in [2.24, 2.45) is 0 Å². The third kappa shape index (κ3) is 59.5. The van der Waals surface area contributed by atoms with Crippen LogP contribution in [0.15, 0.2) is 109 Å². The van der Waals surface area contributed by atoms with Crippen molar-refractivity contribution in [3.8, 4) is 0 Å². The van der Waals surface area contributed by atoms with E-state index in [1.165, 1.54) is 128 Å². The molecule has 2 unspecified atom stereocenters. The third-order valence-corrected chi connectivity index (χ3v) is 13.0. The fraction of sp³-hybridized carbons (Fsp3) is 0.691. The zero-order chi connectivity index (χ0) is 56.2. The van der Waals surface area contributed by atoms with Crippen molar-refractivity contribution < 1.29 is 42.9 Å². The number of hydrogen-bond acceptors (Lipinski definition) is 8. The second-order valence-corrected chi connectivity index (χ2v) is 21.6. The number of allylic oxidation sites excluding steroid dienone is 18. The minimum atomic E-state index is -1.64. The van der Waals surface area contributed by atoms with Crippen molar-refractivity contribution in [1.82, 2.24) is 0 Å². The van der Waals surface area contributed by atoms with Crippen LogP contribution < -0.4 is 5.11 Å². The molecule has 2 atom stereocenters. The van der Waals surface area contributed by atoms with Crippen molar-refractivity contribution in [3.63, 3.8) is 0 Å².